The summed E-state index contributed by atoms with van der Waals surface area (Å²) in [6.45, 7) is 4.18. The highest BCUT2D eigenvalue weighted by molar-refractivity contribution is 5.97. The third kappa shape index (κ3) is 5.87. The molecular formula is C16H19N5O4. The van der Waals surface area contributed by atoms with Gasteiger partial charge < -0.3 is 15.4 Å². The number of nitrogens with zero attached hydrogens (tertiary/aromatic N) is 3. The molecule has 1 aliphatic heterocycles. The molecule has 0 spiro atoms. The van der Waals surface area contributed by atoms with E-state index in [1.54, 1.807) is 0 Å². The van der Waals surface area contributed by atoms with Crippen molar-refractivity contribution in [2.24, 2.45) is 0 Å². The summed E-state index contributed by atoms with van der Waals surface area (Å²) < 4.78 is 5.25. The Hall–Kier alpha value is -2.96. The molecule has 1 amide bonds. The highest BCUT2D eigenvalue weighted by Crippen LogP contribution is 2.15. The van der Waals surface area contributed by atoms with Gasteiger partial charge in [0.15, 0.2) is 0 Å². The van der Waals surface area contributed by atoms with Crippen LogP contribution < -0.4 is 10.6 Å². The fourth-order valence-corrected chi connectivity index (χ4v) is 2.23. The minimum absolute atomic E-state index is 0.0316. The van der Waals surface area contributed by atoms with Crippen molar-refractivity contribution in [2.45, 2.75) is 0 Å². The molecule has 1 fully saturated rings. The Morgan fingerprint density at radius 1 is 1.36 bits per heavy atom. The largest absolute Gasteiger partial charge is 0.379 e. The van der Waals surface area contributed by atoms with Crippen LogP contribution in [0.3, 0.4) is 0 Å². The van der Waals surface area contributed by atoms with Crippen LogP contribution in [0, 0.1) is 21.4 Å². The summed E-state index contributed by atoms with van der Waals surface area (Å²) in [4.78, 5) is 24.3. The summed E-state index contributed by atoms with van der Waals surface area (Å²) in [5, 5.41) is 25.2. The maximum Gasteiger partial charge on any atom is 0.269 e. The van der Waals surface area contributed by atoms with Crippen LogP contribution in [0.4, 0.5) is 11.4 Å². The van der Waals surface area contributed by atoms with Gasteiger partial charge in [0.05, 0.1) is 18.1 Å². The van der Waals surface area contributed by atoms with Gasteiger partial charge in [0.2, 0.25) is 0 Å². The smallest absolute Gasteiger partial charge is 0.269 e. The summed E-state index contributed by atoms with van der Waals surface area (Å²) in [5.74, 6) is -0.467. The fraction of sp³-hybridized carbons (Fsp3) is 0.375. The van der Waals surface area contributed by atoms with Crippen LogP contribution in [0.1, 0.15) is 0 Å². The van der Waals surface area contributed by atoms with E-state index in [2.05, 4.69) is 15.5 Å². The quantitative estimate of drug-likeness (QED) is 0.325. The van der Waals surface area contributed by atoms with E-state index in [0.29, 0.717) is 32.0 Å². The van der Waals surface area contributed by atoms with Crippen molar-refractivity contribution in [3.05, 3.63) is 46.2 Å². The van der Waals surface area contributed by atoms with E-state index < -0.39 is 10.8 Å². The second-order valence-corrected chi connectivity index (χ2v) is 5.33. The number of nitro groups is 1. The van der Waals surface area contributed by atoms with Gasteiger partial charge in [-0.1, -0.05) is 0 Å². The standard InChI is InChI=1S/C16H19N5O4/c17-11-13(12-19-14-1-3-15(4-2-14)21(23)24)16(22)18-5-6-20-7-9-25-10-8-20/h1-4,12,19H,5-10H2,(H,18,22)/b13-12-. The fourth-order valence-electron chi connectivity index (χ4n) is 2.23. The average molecular weight is 345 g/mol. The van der Waals surface area contributed by atoms with Crippen LogP contribution in [0.2, 0.25) is 0 Å². The number of hydrogen-bond acceptors (Lipinski definition) is 7. The van der Waals surface area contributed by atoms with Crippen LogP contribution in [-0.4, -0.2) is 55.1 Å². The molecule has 2 rings (SSSR count). The molecular weight excluding hydrogens is 326 g/mol. The number of carbonyl (C=O) groups is 1. The van der Waals surface area contributed by atoms with E-state index >= 15 is 0 Å². The molecule has 1 heterocycles. The molecule has 0 bridgehead atoms. The number of nitro benzene ring substituents is 1. The molecule has 1 saturated heterocycles. The maximum atomic E-state index is 12.0. The van der Waals surface area contributed by atoms with Gasteiger partial charge in [-0.2, -0.15) is 5.26 Å². The van der Waals surface area contributed by atoms with Crippen molar-refractivity contribution in [1.29, 1.82) is 5.26 Å². The lowest BCUT2D eigenvalue weighted by molar-refractivity contribution is -0.384. The molecule has 9 nitrogen and oxygen atoms in total. The predicted octanol–water partition coefficient (Wildman–Crippen LogP) is 0.863. The zero-order valence-electron chi connectivity index (χ0n) is 13.6. The van der Waals surface area contributed by atoms with Gasteiger partial charge >= 0.3 is 0 Å². The number of carbonyl (C=O) groups excluding carboxylic acids is 1. The second-order valence-electron chi connectivity index (χ2n) is 5.33. The Labute approximate surface area is 145 Å². The minimum Gasteiger partial charge on any atom is -0.379 e. The SMILES string of the molecule is N#C/C(=C/Nc1ccc([N+](=O)[O-])cc1)C(=O)NCCN1CCOCC1. The third-order valence-electron chi connectivity index (χ3n) is 3.64. The molecule has 0 saturated carbocycles. The summed E-state index contributed by atoms with van der Waals surface area (Å²) in [5.41, 5.74) is 0.440. The Kier molecular flexibility index (Phi) is 6.88. The van der Waals surface area contributed by atoms with Crippen LogP contribution in [0.15, 0.2) is 36.0 Å². The van der Waals surface area contributed by atoms with Crippen molar-refractivity contribution in [3.8, 4) is 6.07 Å². The van der Waals surface area contributed by atoms with Gasteiger partial charge in [0.25, 0.3) is 11.6 Å². The molecule has 9 heteroatoms. The van der Waals surface area contributed by atoms with Gasteiger partial charge in [0.1, 0.15) is 11.6 Å². The van der Waals surface area contributed by atoms with Crippen molar-refractivity contribution >= 4 is 17.3 Å². The zero-order valence-corrected chi connectivity index (χ0v) is 13.6. The number of hydrogen-bond donors (Lipinski definition) is 2. The Morgan fingerprint density at radius 2 is 2.04 bits per heavy atom. The number of amides is 1. The minimum atomic E-state index is -0.498. The molecule has 0 atom stereocenters. The molecule has 132 valence electrons. The van der Waals surface area contributed by atoms with Crippen molar-refractivity contribution in [1.82, 2.24) is 10.2 Å². The van der Waals surface area contributed by atoms with E-state index in [-0.39, 0.29) is 11.3 Å². The average Bonchev–Trinajstić information content (AvgIpc) is 2.63. The highest BCUT2D eigenvalue weighted by atomic mass is 16.6. The molecule has 0 radical (unpaired) electrons. The van der Waals surface area contributed by atoms with Crippen molar-refractivity contribution < 1.29 is 14.5 Å². The van der Waals surface area contributed by atoms with Crippen LogP contribution in [0.5, 0.6) is 0 Å². The lowest BCUT2D eigenvalue weighted by Gasteiger charge is -2.26. The van der Waals surface area contributed by atoms with E-state index in [0.717, 1.165) is 13.1 Å². The number of rotatable bonds is 7. The monoisotopic (exact) mass is 345 g/mol. The van der Waals surface area contributed by atoms with Gasteiger partial charge in [0, 0.05) is 50.2 Å². The molecule has 1 aliphatic rings. The topological polar surface area (TPSA) is 121 Å². The molecule has 0 unspecified atom stereocenters. The van der Waals surface area contributed by atoms with Gasteiger partial charge in [-0.05, 0) is 12.1 Å². The summed E-state index contributed by atoms with van der Waals surface area (Å²) in [7, 11) is 0. The Bertz CT molecular complexity index is 675. The van der Waals surface area contributed by atoms with Gasteiger partial charge in [-0.25, -0.2) is 0 Å². The molecule has 25 heavy (non-hydrogen) atoms. The van der Waals surface area contributed by atoms with E-state index in [1.807, 2.05) is 6.07 Å². The van der Waals surface area contributed by atoms with Crippen molar-refractivity contribution in [3.63, 3.8) is 0 Å². The van der Waals surface area contributed by atoms with Crippen LogP contribution >= 0.6 is 0 Å². The molecule has 1 aromatic carbocycles. The number of anilines is 1. The summed E-state index contributed by atoms with van der Waals surface area (Å²) in [6.07, 6.45) is 1.28. The normalized spacial score (nSPS) is 15.2. The van der Waals surface area contributed by atoms with Crippen LogP contribution in [-0.2, 0) is 9.53 Å². The Morgan fingerprint density at radius 3 is 2.64 bits per heavy atom. The molecule has 1 aromatic rings. The first-order valence-electron chi connectivity index (χ1n) is 7.79. The summed E-state index contributed by atoms with van der Waals surface area (Å²) in [6, 6.07) is 7.51. The highest BCUT2D eigenvalue weighted by Gasteiger charge is 2.12. The van der Waals surface area contributed by atoms with Crippen LogP contribution in [0.25, 0.3) is 0 Å². The van der Waals surface area contributed by atoms with E-state index in [1.165, 1.54) is 30.5 Å². The van der Waals surface area contributed by atoms with E-state index in [4.69, 9.17) is 10.00 Å². The second kappa shape index (κ2) is 9.36. The first kappa shape index (κ1) is 18.4. The number of nitriles is 1. The van der Waals surface area contributed by atoms with E-state index in [9.17, 15) is 14.9 Å². The van der Waals surface area contributed by atoms with Gasteiger partial charge in [-0.15, -0.1) is 0 Å². The van der Waals surface area contributed by atoms with Gasteiger partial charge in [-0.3, -0.25) is 19.8 Å². The summed E-state index contributed by atoms with van der Waals surface area (Å²) >= 11 is 0. The maximum absolute atomic E-state index is 12.0. The Balaban J connectivity index is 1.82. The predicted molar refractivity (Wildman–Crippen MR) is 90.7 cm³/mol. The lowest BCUT2D eigenvalue weighted by Crippen LogP contribution is -2.41. The zero-order chi connectivity index (χ0) is 18.1. The lowest BCUT2D eigenvalue weighted by atomic mass is 10.2. The molecule has 2 N–H and O–H groups in total. The number of nitrogens with one attached hydrogen (secondary N) is 2. The first-order chi connectivity index (χ1) is 12.1. The number of benzene rings is 1. The molecule has 0 aliphatic carbocycles. The first-order valence-corrected chi connectivity index (χ1v) is 7.79. The third-order valence-corrected chi connectivity index (χ3v) is 3.64. The number of non-ortho nitro benzene ring substituents is 1. The number of ether oxygens (including phenoxy) is 1. The van der Waals surface area contributed by atoms with Crippen molar-refractivity contribution in [2.75, 3.05) is 44.7 Å². The number of morpholine rings is 1. The molecule has 0 aromatic heterocycles.